The number of phenolic OH excluding ortho intramolecular Hbond substituents is 1. The van der Waals surface area contributed by atoms with Gasteiger partial charge in [0.2, 0.25) is 5.91 Å². The molecule has 17 heavy (non-hydrogen) atoms. The van der Waals surface area contributed by atoms with Crippen molar-refractivity contribution in [1.29, 1.82) is 0 Å². The Bertz CT molecular complexity index is 431. The Morgan fingerprint density at radius 3 is 2.88 bits per heavy atom. The molecule has 0 aliphatic carbocycles. The number of hydrogen-bond donors (Lipinski definition) is 2. The largest absolute Gasteiger partial charge is 0.506 e. The van der Waals surface area contributed by atoms with Gasteiger partial charge in [-0.25, -0.2) is 0 Å². The van der Waals surface area contributed by atoms with Crippen LogP contribution in [-0.4, -0.2) is 23.7 Å². The molecule has 92 valence electrons. The number of anilines is 1. The Kier molecular flexibility index (Phi) is 3.33. The molecule has 0 radical (unpaired) electrons. The molecular formula is C13H17NO3. The second-order valence-corrected chi connectivity index (χ2v) is 4.48. The predicted molar refractivity (Wildman–Crippen MR) is 65.0 cm³/mol. The zero-order chi connectivity index (χ0) is 12.4. The quantitative estimate of drug-likeness (QED) is 0.771. The van der Waals surface area contributed by atoms with Crippen molar-refractivity contribution in [3.63, 3.8) is 0 Å². The molecule has 2 unspecified atom stereocenters. The smallest absolute Gasteiger partial charge is 0.230 e. The van der Waals surface area contributed by atoms with E-state index in [1.54, 1.807) is 12.1 Å². The van der Waals surface area contributed by atoms with Crippen LogP contribution in [0.5, 0.6) is 5.75 Å². The first-order valence-electron chi connectivity index (χ1n) is 5.80. The van der Waals surface area contributed by atoms with Crippen LogP contribution in [-0.2, 0) is 9.53 Å². The Labute approximate surface area is 101 Å². The van der Waals surface area contributed by atoms with Gasteiger partial charge < -0.3 is 15.2 Å². The second kappa shape index (κ2) is 4.75. The highest BCUT2D eigenvalue weighted by Gasteiger charge is 2.30. The molecule has 1 aliphatic heterocycles. The number of hydrogen-bond acceptors (Lipinski definition) is 3. The van der Waals surface area contributed by atoms with Crippen LogP contribution in [0.15, 0.2) is 18.2 Å². The first-order valence-corrected chi connectivity index (χ1v) is 5.80. The average Bonchev–Trinajstić information content (AvgIpc) is 2.68. The minimum absolute atomic E-state index is 0.0532. The van der Waals surface area contributed by atoms with Crippen LogP contribution in [0, 0.1) is 12.8 Å². The number of nitrogens with one attached hydrogen (secondary N) is 1. The van der Waals surface area contributed by atoms with Gasteiger partial charge in [0.25, 0.3) is 0 Å². The van der Waals surface area contributed by atoms with Gasteiger partial charge in [-0.2, -0.15) is 0 Å². The fourth-order valence-electron chi connectivity index (χ4n) is 2.05. The van der Waals surface area contributed by atoms with Crippen LogP contribution < -0.4 is 5.32 Å². The zero-order valence-corrected chi connectivity index (χ0v) is 10.1. The third kappa shape index (κ3) is 2.58. The molecule has 1 aliphatic rings. The molecule has 1 aromatic rings. The number of aromatic hydroxyl groups is 1. The average molecular weight is 235 g/mol. The lowest BCUT2D eigenvalue weighted by Crippen LogP contribution is -2.27. The van der Waals surface area contributed by atoms with Crippen LogP contribution in [0.1, 0.15) is 18.9 Å². The van der Waals surface area contributed by atoms with E-state index in [0.717, 1.165) is 12.0 Å². The first kappa shape index (κ1) is 11.9. The number of phenols is 1. The van der Waals surface area contributed by atoms with E-state index in [2.05, 4.69) is 5.32 Å². The summed E-state index contributed by atoms with van der Waals surface area (Å²) >= 11 is 0. The number of amides is 1. The van der Waals surface area contributed by atoms with E-state index in [0.29, 0.717) is 12.3 Å². The van der Waals surface area contributed by atoms with Gasteiger partial charge in [-0.05, 0) is 38.0 Å². The van der Waals surface area contributed by atoms with E-state index >= 15 is 0 Å². The second-order valence-electron chi connectivity index (χ2n) is 4.48. The van der Waals surface area contributed by atoms with Gasteiger partial charge in [-0.15, -0.1) is 0 Å². The Morgan fingerprint density at radius 1 is 1.53 bits per heavy atom. The normalized spacial score (nSPS) is 23.6. The summed E-state index contributed by atoms with van der Waals surface area (Å²) in [5.41, 5.74) is 1.41. The van der Waals surface area contributed by atoms with Crippen molar-refractivity contribution in [2.45, 2.75) is 26.4 Å². The molecular weight excluding hydrogens is 218 g/mol. The number of aryl methyl sites for hydroxylation is 1. The van der Waals surface area contributed by atoms with Crippen LogP contribution in [0.3, 0.4) is 0 Å². The molecule has 1 fully saturated rings. The molecule has 4 heteroatoms. The predicted octanol–water partition coefficient (Wildman–Crippen LogP) is 2.06. The summed E-state index contributed by atoms with van der Waals surface area (Å²) in [6, 6.07) is 5.19. The maximum absolute atomic E-state index is 12.0. The van der Waals surface area contributed by atoms with Crippen molar-refractivity contribution in [3.8, 4) is 5.75 Å². The lowest BCUT2D eigenvalue weighted by Gasteiger charge is -2.14. The van der Waals surface area contributed by atoms with E-state index < -0.39 is 0 Å². The highest BCUT2D eigenvalue weighted by molar-refractivity contribution is 5.94. The first-order chi connectivity index (χ1) is 8.08. The van der Waals surface area contributed by atoms with E-state index in [4.69, 9.17) is 4.74 Å². The van der Waals surface area contributed by atoms with Crippen molar-refractivity contribution in [2.24, 2.45) is 5.92 Å². The van der Waals surface area contributed by atoms with E-state index in [9.17, 15) is 9.90 Å². The summed E-state index contributed by atoms with van der Waals surface area (Å²) in [5, 5.41) is 12.4. The molecule has 4 nitrogen and oxygen atoms in total. The summed E-state index contributed by atoms with van der Waals surface area (Å²) < 4.78 is 5.35. The molecule has 1 aromatic carbocycles. The highest BCUT2D eigenvalue weighted by Crippen LogP contribution is 2.27. The van der Waals surface area contributed by atoms with Gasteiger partial charge in [-0.3, -0.25) is 4.79 Å². The fourth-order valence-corrected chi connectivity index (χ4v) is 2.05. The molecule has 0 bridgehead atoms. The molecule has 2 rings (SSSR count). The SMILES string of the molecule is Cc1ccc(NC(=O)C2CCOC2C)c(O)c1. The molecule has 2 N–H and O–H groups in total. The van der Waals surface area contributed by atoms with Crippen molar-refractivity contribution in [1.82, 2.24) is 0 Å². The summed E-state index contributed by atoms with van der Waals surface area (Å²) in [7, 11) is 0. The number of ether oxygens (including phenoxy) is 1. The Morgan fingerprint density at radius 2 is 2.29 bits per heavy atom. The highest BCUT2D eigenvalue weighted by atomic mass is 16.5. The van der Waals surface area contributed by atoms with Crippen LogP contribution >= 0.6 is 0 Å². The van der Waals surface area contributed by atoms with Crippen molar-refractivity contribution in [2.75, 3.05) is 11.9 Å². The number of carbonyl (C=O) groups is 1. The van der Waals surface area contributed by atoms with Gasteiger partial charge in [0, 0.05) is 6.61 Å². The maximum Gasteiger partial charge on any atom is 0.230 e. The van der Waals surface area contributed by atoms with Crippen LogP contribution in [0.25, 0.3) is 0 Å². The van der Waals surface area contributed by atoms with Crippen molar-refractivity contribution in [3.05, 3.63) is 23.8 Å². The molecule has 0 aromatic heterocycles. The summed E-state index contributed by atoms with van der Waals surface area (Å²) in [4.78, 5) is 12.0. The third-order valence-electron chi connectivity index (χ3n) is 3.12. The fraction of sp³-hybridized carbons (Fsp3) is 0.462. The summed E-state index contributed by atoms with van der Waals surface area (Å²) in [6.07, 6.45) is 0.683. The van der Waals surface area contributed by atoms with E-state index in [1.807, 2.05) is 19.9 Å². The van der Waals surface area contributed by atoms with Crippen LogP contribution in [0.2, 0.25) is 0 Å². The monoisotopic (exact) mass is 235 g/mol. The third-order valence-corrected chi connectivity index (χ3v) is 3.12. The molecule has 1 saturated heterocycles. The van der Waals surface area contributed by atoms with Gasteiger partial charge in [0.15, 0.2) is 0 Å². The minimum Gasteiger partial charge on any atom is -0.506 e. The Hall–Kier alpha value is -1.55. The molecule has 1 heterocycles. The van der Waals surface area contributed by atoms with E-state index in [-0.39, 0.29) is 23.7 Å². The molecule has 1 amide bonds. The van der Waals surface area contributed by atoms with Gasteiger partial charge in [-0.1, -0.05) is 6.07 Å². The number of benzene rings is 1. The number of rotatable bonds is 2. The molecule has 0 spiro atoms. The lowest BCUT2D eigenvalue weighted by molar-refractivity contribution is -0.121. The van der Waals surface area contributed by atoms with Crippen molar-refractivity contribution < 1.29 is 14.6 Å². The molecule has 0 saturated carbocycles. The van der Waals surface area contributed by atoms with Crippen LogP contribution in [0.4, 0.5) is 5.69 Å². The maximum atomic E-state index is 12.0. The topological polar surface area (TPSA) is 58.6 Å². The zero-order valence-electron chi connectivity index (χ0n) is 10.1. The van der Waals surface area contributed by atoms with Crippen molar-refractivity contribution >= 4 is 11.6 Å². The number of carbonyl (C=O) groups excluding carboxylic acids is 1. The standard InChI is InChI=1S/C13H17NO3/c1-8-3-4-11(12(15)7-8)14-13(16)10-5-6-17-9(10)2/h3-4,7,9-10,15H,5-6H2,1-2H3,(H,14,16). The van der Waals surface area contributed by atoms with Gasteiger partial charge >= 0.3 is 0 Å². The summed E-state index contributed by atoms with van der Waals surface area (Å²) in [6.45, 7) is 4.41. The Balaban J connectivity index is 2.07. The van der Waals surface area contributed by atoms with Gasteiger partial charge in [0.1, 0.15) is 5.75 Å². The van der Waals surface area contributed by atoms with E-state index in [1.165, 1.54) is 0 Å². The minimum atomic E-state index is -0.129. The summed E-state index contributed by atoms with van der Waals surface area (Å²) in [5.74, 6) is -0.116. The van der Waals surface area contributed by atoms with Gasteiger partial charge in [0.05, 0.1) is 17.7 Å². The molecule has 2 atom stereocenters. The lowest BCUT2D eigenvalue weighted by atomic mass is 10.0.